The number of aromatic nitrogens is 1. The molecule has 6 nitrogen and oxygen atoms in total. The minimum atomic E-state index is -3.45. The van der Waals surface area contributed by atoms with Gasteiger partial charge in [0.15, 0.2) is 5.89 Å². The van der Waals surface area contributed by atoms with E-state index in [1.54, 1.807) is 37.5 Å². The van der Waals surface area contributed by atoms with Gasteiger partial charge in [-0.15, -0.1) is 0 Å². The highest BCUT2D eigenvalue weighted by atomic mass is 32.2. The average molecular weight is 308 g/mol. The quantitative estimate of drug-likeness (QED) is 0.862. The van der Waals surface area contributed by atoms with Gasteiger partial charge >= 0.3 is 0 Å². The van der Waals surface area contributed by atoms with Crippen LogP contribution in [0.2, 0.25) is 0 Å². The van der Waals surface area contributed by atoms with E-state index in [0.29, 0.717) is 37.9 Å². The first-order valence-electron chi connectivity index (χ1n) is 6.68. The van der Waals surface area contributed by atoms with Crippen molar-refractivity contribution in [1.82, 2.24) is 9.29 Å². The van der Waals surface area contributed by atoms with Crippen molar-refractivity contribution in [3.8, 4) is 11.3 Å². The molecule has 0 radical (unpaired) electrons. The molecule has 1 fully saturated rings. The monoisotopic (exact) mass is 308 g/mol. The Morgan fingerprint density at radius 1 is 1.14 bits per heavy atom. The molecule has 0 atom stereocenters. The van der Waals surface area contributed by atoms with Crippen LogP contribution >= 0.6 is 0 Å². The van der Waals surface area contributed by atoms with Crippen LogP contribution in [0.3, 0.4) is 0 Å². The number of sulfonamides is 1. The first-order chi connectivity index (χ1) is 10.1. The van der Waals surface area contributed by atoms with E-state index in [1.165, 1.54) is 4.31 Å². The summed E-state index contributed by atoms with van der Waals surface area (Å²) in [5.74, 6) is 0.579. The summed E-state index contributed by atoms with van der Waals surface area (Å²) in [4.78, 5) is 4.51. The maximum atomic E-state index is 12.5. The first-order valence-corrected chi connectivity index (χ1v) is 8.12. The summed E-state index contributed by atoms with van der Waals surface area (Å²) in [6.07, 6.45) is 1.56. The lowest BCUT2D eigenvalue weighted by atomic mass is 10.2. The van der Waals surface area contributed by atoms with Crippen molar-refractivity contribution in [2.75, 3.05) is 26.3 Å². The fourth-order valence-electron chi connectivity index (χ4n) is 2.23. The number of nitrogens with zero attached hydrogens (tertiary/aromatic N) is 2. The number of morpholine rings is 1. The summed E-state index contributed by atoms with van der Waals surface area (Å²) >= 11 is 0. The lowest BCUT2D eigenvalue weighted by Gasteiger charge is -2.26. The van der Waals surface area contributed by atoms with Crippen LogP contribution in [0.4, 0.5) is 0 Å². The van der Waals surface area contributed by atoms with Crippen molar-refractivity contribution < 1.29 is 17.6 Å². The molecule has 1 aliphatic rings. The summed E-state index contributed by atoms with van der Waals surface area (Å²) in [6, 6.07) is 6.68. The van der Waals surface area contributed by atoms with Crippen molar-refractivity contribution in [3.05, 3.63) is 36.4 Å². The zero-order valence-electron chi connectivity index (χ0n) is 11.7. The van der Waals surface area contributed by atoms with Gasteiger partial charge in [0.05, 0.1) is 18.1 Å². The Hall–Kier alpha value is -1.70. The number of benzene rings is 1. The van der Waals surface area contributed by atoms with Gasteiger partial charge in [-0.05, 0) is 12.1 Å². The van der Waals surface area contributed by atoms with Gasteiger partial charge in [0.1, 0.15) is 12.0 Å². The molecule has 1 aromatic carbocycles. The molecule has 3 rings (SSSR count). The second-order valence-electron chi connectivity index (χ2n) is 4.79. The minimum absolute atomic E-state index is 0.286. The van der Waals surface area contributed by atoms with Crippen LogP contribution in [0.1, 0.15) is 5.89 Å². The third-order valence-electron chi connectivity index (χ3n) is 3.38. The molecule has 2 heterocycles. The molecule has 0 N–H and O–H groups in total. The second-order valence-corrected chi connectivity index (χ2v) is 6.73. The van der Waals surface area contributed by atoms with E-state index < -0.39 is 10.0 Å². The summed E-state index contributed by atoms with van der Waals surface area (Å²) in [5, 5.41) is 0. The van der Waals surface area contributed by atoms with Crippen LogP contribution in [0.15, 0.2) is 39.8 Å². The molecule has 0 bridgehead atoms. The predicted molar refractivity (Wildman–Crippen MR) is 76.3 cm³/mol. The highest BCUT2D eigenvalue weighted by Gasteiger charge is 2.26. The van der Waals surface area contributed by atoms with Gasteiger partial charge < -0.3 is 9.15 Å². The molecular formula is C14H16N2O4S. The van der Waals surface area contributed by atoms with Crippen molar-refractivity contribution in [2.45, 2.75) is 11.8 Å². The molecule has 1 saturated heterocycles. The van der Waals surface area contributed by atoms with Crippen molar-refractivity contribution in [2.24, 2.45) is 0 Å². The van der Waals surface area contributed by atoms with E-state index in [1.807, 2.05) is 0 Å². The fraction of sp³-hybridized carbons (Fsp3) is 0.357. The molecule has 0 aliphatic carbocycles. The number of rotatable bonds is 3. The summed E-state index contributed by atoms with van der Waals surface area (Å²) < 4.78 is 36.7. The topological polar surface area (TPSA) is 72.6 Å². The third kappa shape index (κ3) is 2.85. The molecule has 7 heteroatoms. The van der Waals surface area contributed by atoms with Crippen LogP contribution in [0.5, 0.6) is 0 Å². The molecular weight excluding hydrogens is 292 g/mol. The molecule has 0 spiro atoms. The van der Waals surface area contributed by atoms with Crippen LogP contribution in [-0.4, -0.2) is 44.0 Å². The van der Waals surface area contributed by atoms with Gasteiger partial charge in [-0.2, -0.15) is 4.31 Å². The van der Waals surface area contributed by atoms with Gasteiger partial charge in [0, 0.05) is 25.6 Å². The van der Waals surface area contributed by atoms with Gasteiger partial charge in [-0.25, -0.2) is 13.4 Å². The lowest BCUT2D eigenvalue weighted by molar-refractivity contribution is 0.0730. The Balaban J connectivity index is 1.86. The SMILES string of the molecule is Cc1nc(-c2ccc(S(=O)(=O)N3CCOCC3)cc2)co1. The van der Waals surface area contributed by atoms with Gasteiger partial charge in [-0.3, -0.25) is 0 Å². The molecule has 1 aliphatic heterocycles. The Kier molecular flexibility index (Phi) is 3.79. The van der Waals surface area contributed by atoms with Crippen molar-refractivity contribution in [1.29, 1.82) is 0 Å². The average Bonchev–Trinajstić information content (AvgIpc) is 2.95. The fourth-order valence-corrected chi connectivity index (χ4v) is 3.64. The number of ether oxygens (including phenoxy) is 1. The Labute approximate surface area is 123 Å². The van der Waals surface area contributed by atoms with E-state index in [0.717, 1.165) is 5.56 Å². The predicted octanol–water partition coefficient (Wildman–Crippen LogP) is 1.67. The van der Waals surface area contributed by atoms with E-state index in [4.69, 9.17) is 9.15 Å². The van der Waals surface area contributed by atoms with Gasteiger partial charge in [0.2, 0.25) is 10.0 Å². The van der Waals surface area contributed by atoms with Crippen molar-refractivity contribution >= 4 is 10.0 Å². The molecule has 21 heavy (non-hydrogen) atoms. The number of oxazole rings is 1. The zero-order valence-corrected chi connectivity index (χ0v) is 12.5. The number of hydrogen-bond acceptors (Lipinski definition) is 5. The molecule has 112 valence electrons. The summed E-state index contributed by atoms with van der Waals surface area (Å²) in [7, 11) is -3.45. The first kappa shape index (κ1) is 14.2. The smallest absolute Gasteiger partial charge is 0.243 e. The standard InChI is InChI=1S/C14H16N2O4S/c1-11-15-14(10-20-11)12-2-4-13(5-3-12)21(17,18)16-6-8-19-9-7-16/h2-5,10H,6-9H2,1H3. The molecule has 0 amide bonds. The van der Waals surface area contributed by atoms with Gasteiger partial charge in [-0.1, -0.05) is 12.1 Å². The molecule has 0 saturated carbocycles. The Bertz CT molecular complexity index is 716. The summed E-state index contributed by atoms with van der Waals surface area (Å²) in [5.41, 5.74) is 1.52. The van der Waals surface area contributed by atoms with E-state index in [9.17, 15) is 8.42 Å². The Morgan fingerprint density at radius 3 is 2.38 bits per heavy atom. The maximum Gasteiger partial charge on any atom is 0.243 e. The minimum Gasteiger partial charge on any atom is -0.449 e. The normalized spacial score (nSPS) is 17.0. The highest BCUT2D eigenvalue weighted by Crippen LogP contribution is 2.23. The largest absolute Gasteiger partial charge is 0.449 e. The van der Waals surface area contributed by atoms with Gasteiger partial charge in [0.25, 0.3) is 0 Å². The van der Waals surface area contributed by atoms with Crippen LogP contribution in [0, 0.1) is 6.92 Å². The lowest BCUT2D eigenvalue weighted by Crippen LogP contribution is -2.40. The highest BCUT2D eigenvalue weighted by molar-refractivity contribution is 7.89. The molecule has 0 unspecified atom stereocenters. The van der Waals surface area contributed by atoms with E-state index in [2.05, 4.69) is 4.98 Å². The zero-order chi connectivity index (χ0) is 14.9. The number of hydrogen-bond donors (Lipinski definition) is 0. The maximum absolute atomic E-state index is 12.5. The number of aryl methyl sites for hydroxylation is 1. The molecule has 2 aromatic rings. The van der Waals surface area contributed by atoms with Crippen LogP contribution < -0.4 is 0 Å². The van der Waals surface area contributed by atoms with Crippen LogP contribution in [0.25, 0.3) is 11.3 Å². The van der Waals surface area contributed by atoms with E-state index >= 15 is 0 Å². The second kappa shape index (κ2) is 5.59. The van der Waals surface area contributed by atoms with E-state index in [-0.39, 0.29) is 4.90 Å². The van der Waals surface area contributed by atoms with Crippen LogP contribution in [-0.2, 0) is 14.8 Å². The summed E-state index contributed by atoms with van der Waals surface area (Å²) in [6.45, 7) is 3.44. The Morgan fingerprint density at radius 2 is 1.81 bits per heavy atom. The molecule has 1 aromatic heterocycles. The van der Waals surface area contributed by atoms with Crippen molar-refractivity contribution in [3.63, 3.8) is 0 Å². The third-order valence-corrected chi connectivity index (χ3v) is 5.29.